The summed E-state index contributed by atoms with van der Waals surface area (Å²) in [6.45, 7) is 5.04. The van der Waals surface area contributed by atoms with E-state index in [0.717, 1.165) is 5.69 Å². The number of hydrogen-bond acceptors (Lipinski definition) is 3. The van der Waals surface area contributed by atoms with Crippen molar-refractivity contribution in [1.82, 2.24) is 10.6 Å². The molecule has 0 bridgehead atoms. The van der Waals surface area contributed by atoms with Gasteiger partial charge in [0.05, 0.1) is 6.10 Å². The number of para-hydroxylation sites is 1. The van der Waals surface area contributed by atoms with Crippen LogP contribution in [0.3, 0.4) is 0 Å². The number of nitrogens with zero attached hydrogens (tertiary/aromatic N) is 1. The summed E-state index contributed by atoms with van der Waals surface area (Å²) in [6, 6.07) is 10.1. The molecule has 0 heterocycles. The molecule has 2 amide bonds. The molecule has 3 N–H and O–H groups in total. The van der Waals surface area contributed by atoms with Crippen molar-refractivity contribution in [2.24, 2.45) is 0 Å². The number of nitrogens with one attached hydrogen (secondary N) is 2. The van der Waals surface area contributed by atoms with Gasteiger partial charge in [-0.05, 0) is 31.9 Å². The molecule has 0 aliphatic carbocycles. The molecule has 0 aliphatic rings. The first kappa shape index (κ1) is 17.3. The van der Waals surface area contributed by atoms with Gasteiger partial charge in [0.2, 0.25) is 0 Å². The van der Waals surface area contributed by atoms with E-state index in [1.54, 1.807) is 0 Å². The van der Waals surface area contributed by atoms with Gasteiger partial charge in [-0.25, -0.2) is 4.79 Å². The monoisotopic (exact) mass is 293 g/mol. The van der Waals surface area contributed by atoms with Crippen LogP contribution < -0.4 is 15.5 Å². The minimum atomic E-state index is -0.339. The maximum atomic E-state index is 11.7. The predicted octanol–water partition coefficient (Wildman–Crippen LogP) is 1.97. The molecule has 0 fully saturated rings. The van der Waals surface area contributed by atoms with Crippen molar-refractivity contribution in [2.45, 2.75) is 38.8 Å². The third-order valence-corrected chi connectivity index (χ3v) is 3.62. The highest BCUT2D eigenvalue weighted by Crippen LogP contribution is 2.13. The molecule has 21 heavy (non-hydrogen) atoms. The molecule has 5 heteroatoms. The van der Waals surface area contributed by atoms with Crippen molar-refractivity contribution < 1.29 is 9.90 Å². The van der Waals surface area contributed by atoms with Gasteiger partial charge in [0.15, 0.2) is 0 Å². The number of rotatable bonds is 8. The molecule has 0 aliphatic heterocycles. The maximum absolute atomic E-state index is 11.7. The summed E-state index contributed by atoms with van der Waals surface area (Å²) < 4.78 is 0. The fourth-order valence-corrected chi connectivity index (χ4v) is 1.91. The van der Waals surface area contributed by atoms with Crippen LogP contribution in [0, 0.1) is 0 Å². The van der Waals surface area contributed by atoms with Crippen molar-refractivity contribution in [2.75, 3.05) is 25.0 Å². The molecule has 5 nitrogen and oxygen atoms in total. The Morgan fingerprint density at radius 3 is 2.57 bits per heavy atom. The van der Waals surface area contributed by atoms with Crippen LogP contribution in [-0.4, -0.2) is 43.4 Å². The third-order valence-electron chi connectivity index (χ3n) is 3.62. The van der Waals surface area contributed by atoms with Crippen LogP contribution in [-0.2, 0) is 0 Å². The molecular formula is C16H27N3O2. The van der Waals surface area contributed by atoms with E-state index in [1.165, 1.54) is 0 Å². The molecule has 1 rings (SSSR count). The number of amides is 2. The summed E-state index contributed by atoms with van der Waals surface area (Å²) in [5, 5.41) is 15.0. The topological polar surface area (TPSA) is 64.6 Å². The second kappa shape index (κ2) is 9.23. The zero-order chi connectivity index (χ0) is 15.7. The summed E-state index contributed by atoms with van der Waals surface area (Å²) in [5.74, 6) is 0. The quantitative estimate of drug-likeness (QED) is 0.686. The van der Waals surface area contributed by atoms with Gasteiger partial charge < -0.3 is 20.6 Å². The third kappa shape index (κ3) is 6.49. The predicted molar refractivity (Wildman–Crippen MR) is 86.6 cm³/mol. The Balaban J connectivity index is 2.26. The number of urea groups is 1. The Morgan fingerprint density at radius 2 is 1.95 bits per heavy atom. The van der Waals surface area contributed by atoms with E-state index in [0.29, 0.717) is 25.9 Å². The highest BCUT2D eigenvalue weighted by Gasteiger charge is 2.11. The summed E-state index contributed by atoms with van der Waals surface area (Å²) in [5.41, 5.74) is 1.12. The van der Waals surface area contributed by atoms with Crippen molar-refractivity contribution in [3.63, 3.8) is 0 Å². The Labute approximate surface area is 127 Å². The van der Waals surface area contributed by atoms with Crippen molar-refractivity contribution in [3.8, 4) is 0 Å². The molecule has 1 aromatic carbocycles. The number of likely N-dealkylation sites (N-methyl/N-ethyl adjacent to an activating group) is 1. The molecule has 0 radical (unpaired) electrons. The first-order valence-corrected chi connectivity index (χ1v) is 7.52. The van der Waals surface area contributed by atoms with Gasteiger partial charge in [0, 0.05) is 31.9 Å². The van der Waals surface area contributed by atoms with Gasteiger partial charge in [-0.1, -0.05) is 25.1 Å². The standard InChI is InChI=1S/C16H27N3O2/c1-4-15(20)10-11-17-16(21)18-12-13(2)19(3)14-8-6-5-7-9-14/h5-9,13,15,20H,4,10-12H2,1-3H3,(H2,17,18,21). The Kier molecular flexibility index (Phi) is 7.61. The van der Waals surface area contributed by atoms with Gasteiger partial charge in [0.25, 0.3) is 0 Å². The van der Waals surface area contributed by atoms with Crippen LogP contribution in [0.5, 0.6) is 0 Å². The van der Waals surface area contributed by atoms with E-state index in [9.17, 15) is 9.90 Å². The Morgan fingerprint density at radius 1 is 1.29 bits per heavy atom. The van der Waals surface area contributed by atoms with Gasteiger partial charge >= 0.3 is 6.03 Å². The number of anilines is 1. The maximum Gasteiger partial charge on any atom is 0.314 e. The van der Waals surface area contributed by atoms with Crippen LogP contribution in [0.2, 0.25) is 0 Å². The van der Waals surface area contributed by atoms with Crippen molar-refractivity contribution >= 4 is 11.7 Å². The summed E-state index contributed by atoms with van der Waals surface area (Å²) in [6.07, 6.45) is 0.958. The number of aliphatic hydroxyl groups is 1. The average Bonchev–Trinajstić information content (AvgIpc) is 2.52. The van der Waals surface area contributed by atoms with E-state index in [2.05, 4.69) is 22.5 Å². The van der Waals surface area contributed by atoms with Crippen molar-refractivity contribution in [3.05, 3.63) is 30.3 Å². The molecule has 1 aromatic rings. The van der Waals surface area contributed by atoms with Gasteiger partial charge in [-0.15, -0.1) is 0 Å². The molecule has 0 saturated heterocycles. The number of benzene rings is 1. The first-order valence-electron chi connectivity index (χ1n) is 7.52. The van der Waals surface area contributed by atoms with Gasteiger partial charge in [-0.2, -0.15) is 0 Å². The summed E-state index contributed by atoms with van der Waals surface area (Å²) in [7, 11) is 2.01. The molecular weight excluding hydrogens is 266 g/mol. The fraction of sp³-hybridized carbons (Fsp3) is 0.562. The minimum Gasteiger partial charge on any atom is -0.393 e. The fourth-order valence-electron chi connectivity index (χ4n) is 1.91. The highest BCUT2D eigenvalue weighted by atomic mass is 16.3. The van der Waals surface area contributed by atoms with E-state index >= 15 is 0 Å². The van der Waals surface area contributed by atoms with E-state index < -0.39 is 0 Å². The molecule has 0 saturated carbocycles. The number of aliphatic hydroxyl groups excluding tert-OH is 1. The Bertz CT molecular complexity index is 411. The average molecular weight is 293 g/mol. The van der Waals surface area contributed by atoms with E-state index in [-0.39, 0.29) is 18.2 Å². The van der Waals surface area contributed by atoms with Crippen LogP contribution in [0.4, 0.5) is 10.5 Å². The summed E-state index contributed by atoms with van der Waals surface area (Å²) in [4.78, 5) is 13.8. The molecule has 0 aromatic heterocycles. The van der Waals surface area contributed by atoms with E-state index in [4.69, 9.17) is 0 Å². The van der Waals surface area contributed by atoms with E-state index in [1.807, 2.05) is 44.3 Å². The molecule has 2 unspecified atom stereocenters. The van der Waals surface area contributed by atoms with Crippen molar-refractivity contribution in [1.29, 1.82) is 0 Å². The lowest BCUT2D eigenvalue weighted by Crippen LogP contribution is -2.44. The van der Waals surface area contributed by atoms with Gasteiger partial charge in [0.1, 0.15) is 0 Å². The minimum absolute atomic E-state index is 0.188. The second-order valence-electron chi connectivity index (χ2n) is 5.28. The van der Waals surface area contributed by atoms with Crippen LogP contribution in [0.25, 0.3) is 0 Å². The molecule has 118 valence electrons. The zero-order valence-electron chi connectivity index (χ0n) is 13.2. The lowest BCUT2D eigenvalue weighted by atomic mass is 10.2. The normalized spacial score (nSPS) is 13.3. The number of hydrogen-bond donors (Lipinski definition) is 3. The lowest BCUT2D eigenvalue weighted by Gasteiger charge is -2.27. The lowest BCUT2D eigenvalue weighted by molar-refractivity contribution is 0.160. The summed E-state index contributed by atoms with van der Waals surface area (Å²) >= 11 is 0. The first-order chi connectivity index (χ1) is 10.0. The largest absolute Gasteiger partial charge is 0.393 e. The molecule has 0 spiro atoms. The SMILES string of the molecule is CCC(O)CCNC(=O)NCC(C)N(C)c1ccccc1. The Hall–Kier alpha value is -1.75. The van der Waals surface area contributed by atoms with Crippen LogP contribution >= 0.6 is 0 Å². The zero-order valence-corrected chi connectivity index (χ0v) is 13.2. The second-order valence-corrected chi connectivity index (χ2v) is 5.28. The smallest absolute Gasteiger partial charge is 0.314 e. The number of carbonyl (C=O) groups is 1. The molecule has 2 atom stereocenters. The number of carbonyl (C=O) groups excluding carboxylic acids is 1. The van der Waals surface area contributed by atoms with Crippen LogP contribution in [0.1, 0.15) is 26.7 Å². The van der Waals surface area contributed by atoms with Gasteiger partial charge in [-0.3, -0.25) is 0 Å². The highest BCUT2D eigenvalue weighted by molar-refractivity contribution is 5.73. The van der Waals surface area contributed by atoms with Crippen LogP contribution in [0.15, 0.2) is 30.3 Å².